The maximum Gasteiger partial charge on any atom is 0.323 e. The van der Waals surface area contributed by atoms with E-state index in [0.717, 1.165) is 31.5 Å². The molecule has 0 spiro atoms. The Hall–Kier alpha value is -1.42. The quantitative estimate of drug-likeness (QED) is 0.784. The first-order valence-corrected chi connectivity index (χ1v) is 6.81. The van der Waals surface area contributed by atoms with Crippen LogP contribution in [0.25, 0.3) is 0 Å². The van der Waals surface area contributed by atoms with Crippen molar-refractivity contribution in [2.24, 2.45) is 0 Å². The van der Waals surface area contributed by atoms with Crippen molar-refractivity contribution in [3.8, 4) is 0 Å². The number of ether oxygens (including phenoxy) is 1. The van der Waals surface area contributed by atoms with Gasteiger partial charge in [-0.3, -0.25) is 14.7 Å². The Labute approximate surface area is 114 Å². The molecule has 1 atom stereocenters. The molecule has 1 aliphatic rings. The summed E-state index contributed by atoms with van der Waals surface area (Å²) in [6, 6.07) is 3.85. The monoisotopic (exact) mass is 262 g/mol. The number of likely N-dealkylation sites (tertiary alicyclic amines) is 1. The molecule has 1 fully saturated rings. The standard InChI is InChI=1S/C15H22N2O2/c1-15(2,3)19-14(18)13-7-5-9-17(13)11-12-6-4-8-16-10-12/h4,6,8,10,13H,5,7,9,11H2,1-3H3/t13-/m1/s1. The molecule has 104 valence electrons. The first-order valence-electron chi connectivity index (χ1n) is 6.81. The van der Waals surface area contributed by atoms with Crippen molar-refractivity contribution in [1.29, 1.82) is 0 Å². The van der Waals surface area contributed by atoms with Gasteiger partial charge in [-0.05, 0) is 51.8 Å². The average molecular weight is 262 g/mol. The van der Waals surface area contributed by atoms with E-state index >= 15 is 0 Å². The molecule has 4 heteroatoms. The lowest BCUT2D eigenvalue weighted by molar-refractivity contribution is -0.160. The van der Waals surface area contributed by atoms with Gasteiger partial charge in [0.2, 0.25) is 0 Å². The summed E-state index contributed by atoms with van der Waals surface area (Å²) < 4.78 is 5.49. The summed E-state index contributed by atoms with van der Waals surface area (Å²) in [6.07, 6.45) is 5.54. The smallest absolute Gasteiger partial charge is 0.323 e. The Morgan fingerprint density at radius 3 is 2.95 bits per heavy atom. The molecule has 1 aromatic rings. The van der Waals surface area contributed by atoms with Crippen LogP contribution in [-0.2, 0) is 16.1 Å². The number of nitrogens with zero attached hydrogens (tertiary/aromatic N) is 2. The summed E-state index contributed by atoms with van der Waals surface area (Å²) in [6.45, 7) is 7.43. The third kappa shape index (κ3) is 4.03. The zero-order chi connectivity index (χ0) is 13.9. The second kappa shape index (κ2) is 5.70. The molecule has 0 amide bonds. The van der Waals surface area contributed by atoms with Gasteiger partial charge in [-0.2, -0.15) is 0 Å². The number of carbonyl (C=O) groups is 1. The highest BCUT2D eigenvalue weighted by atomic mass is 16.6. The topological polar surface area (TPSA) is 42.4 Å². The summed E-state index contributed by atoms with van der Waals surface area (Å²) in [5.41, 5.74) is 0.720. The van der Waals surface area contributed by atoms with Crippen LogP contribution >= 0.6 is 0 Å². The first-order chi connectivity index (χ1) is 8.96. The summed E-state index contributed by atoms with van der Waals surface area (Å²) in [4.78, 5) is 18.5. The van der Waals surface area contributed by atoms with E-state index in [4.69, 9.17) is 4.74 Å². The van der Waals surface area contributed by atoms with E-state index in [1.165, 1.54) is 0 Å². The molecule has 2 heterocycles. The minimum Gasteiger partial charge on any atom is -0.459 e. The normalized spacial score (nSPS) is 20.5. The fraction of sp³-hybridized carbons (Fsp3) is 0.600. The van der Waals surface area contributed by atoms with Crippen LogP contribution in [0.2, 0.25) is 0 Å². The predicted molar refractivity (Wildman–Crippen MR) is 73.5 cm³/mol. The van der Waals surface area contributed by atoms with Gasteiger partial charge in [0.15, 0.2) is 0 Å². The second-order valence-corrected chi connectivity index (χ2v) is 6.02. The Morgan fingerprint density at radius 1 is 1.53 bits per heavy atom. The SMILES string of the molecule is CC(C)(C)OC(=O)[C@H]1CCCN1Cc1cccnc1. The molecule has 0 saturated carbocycles. The van der Waals surface area contributed by atoms with Crippen molar-refractivity contribution < 1.29 is 9.53 Å². The highest BCUT2D eigenvalue weighted by Gasteiger charge is 2.33. The summed E-state index contributed by atoms with van der Waals surface area (Å²) in [5.74, 6) is -0.103. The van der Waals surface area contributed by atoms with Gasteiger partial charge in [0.1, 0.15) is 11.6 Å². The number of esters is 1. The molecule has 1 saturated heterocycles. The van der Waals surface area contributed by atoms with Gasteiger partial charge in [-0.15, -0.1) is 0 Å². The van der Waals surface area contributed by atoms with Gasteiger partial charge in [0.25, 0.3) is 0 Å². The van der Waals surface area contributed by atoms with Crippen LogP contribution in [0, 0.1) is 0 Å². The summed E-state index contributed by atoms with van der Waals surface area (Å²) in [7, 11) is 0. The molecule has 1 aliphatic heterocycles. The van der Waals surface area contributed by atoms with E-state index in [2.05, 4.69) is 9.88 Å². The molecular formula is C15H22N2O2. The Bertz CT molecular complexity index is 426. The summed E-state index contributed by atoms with van der Waals surface area (Å²) >= 11 is 0. The third-order valence-electron chi connectivity index (χ3n) is 3.15. The fourth-order valence-corrected chi connectivity index (χ4v) is 2.38. The number of rotatable bonds is 3. The molecule has 0 N–H and O–H groups in total. The Balaban J connectivity index is 1.99. The molecule has 4 nitrogen and oxygen atoms in total. The van der Waals surface area contributed by atoms with E-state index in [-0.39, 0.29) is 12.0 Å². The fourth-order valence-electron chi connectivity index (χ4n) is 2.38. The van der Waals surface area contributed by atoms with Crippen LogP contribution in [0.4, 0.5) is 0 Å². The van der Waals surface area contributed by atoms with Crippen LogP contribution in [0.15, 0.2) is 24.5 Å². The molecule has 0 radical (unpaired) electrons. The van der Waals surface area contributed by atoms with Gasteiger partial charge in [0, 0.05) is 18.9 Å². The zero-order valence-electron chi connectivity index (χ0n) is 11.9. The van der Waals surface area contributed by atoms with Crippen LogP contribution in [-0.4, -0.2) is 34.0 Å². The van der Waals surface area contributed by atoms with Crippen LogP contribution < -0.4 is 0 Å². The number of aromatic nitrogens is 1. The van der Waals surface area contributed by atoms with Crippen LogP contribution in [0.3, 0.4) is 0 Å². The maximum atomic E-state index is 12.2. The van der Waals surface area contributed by atoms with E-state index in [1.807, 2.05) is 39.1 Å². The van der Waals surface area contributed by atoms with Gasteiger partial charge >= 0.3 is 5.97 Å². The van der Waals surface area contributed by atoms with Gasteiger partial charge in [0.05, 0.1) is 0 Å². The van der Waals surface area contributed by atoms with Crippen molar-refractivity contribution in [2.75, 3.05) is 6.54 Å². The number of hydrogen-bond acceptors (Lipinski definition) is 4. The van der Waals surface area contributed by atoms with Crippen molar-refractivity contribution in [3.05, 3.63) is 30.1 Å². The third-order valence-corrected chi connectivity index (χ3v) is 3.15. The molecule has 19 heavy (non-hydrogen) atoms. The number of carbonyl (C=O) groups excluding carboxylic acids is 1. The minimum absolute atomic E-state index is 0.103. The van der Waals surface area contributed by atoms with E-state index < -0.39 is 5.60 Å². The zero-order valence-corrected chi connectivity index (χ0v) is 11.9. The lowest BCUT2D eigenvalue weighted by Gasteiger charge is -2.27. The average Bonchev–Trinajstić information content (AvgIpc) is 2.76. The molecule has 2 rings (SSSR count). The molecular weight excluding hydrogens is 240 g/mol. The molecule has 0 bridgehead atoms. The van der Waals surface area contributed by atoms with Crippen molar-refractivity contribution in [3.63, 3.8) is 0 Å². The highest BCUT2D eigenvalue weighted by molar-refractivity contribution is 5.76. The molecule has 0 aromatic carbocycles. The highest BCUT2D eigenvalue weighted by Crippen LogP contribution is 2.22. The number of hydrogen-bond donors (Lipinski definition) is 0. The van der Waals surface area contributed by atoms with E-state index in [9.17, 15) is 4.79 Å². The Kier molecular flexibility index (Phi) is 4.20. The maximum absolute atomic E-state index is 12.2. The summed E-state index contributed by atoms with van der Waals surface area (Å²) in [5, 5.41) is 0. The molecule has 1 aromatic heterocycles. The van der Waals surface area contributed by atoms with E-state index in [1.54, 1.807) is 6.20 Å². The van der Waals surface area contributed by atoms with E-state index in [0.29, 0.717) is 0 Å². The van der Waals surface area contributed by atoms with Gasteiger partial charge < -0.3 is 4.74 Å². The van der Waals surface area contributed by atoms with Crippen molar-refractivity contribution >= 4 is 5.97 Å². The number of pyridine rings is 1. The second-order valence-electron chi connectivity index (χ2n) is 6.02. The molecule has 0 unspecified atom stereocenters. The van der Waals surface area contributed by atoms with Crippen molar-refractivity contribution in [1.82, 2.24) is 9.88 Å². The van der Waals surface area contributed by atoms with Crippen LogP contribution in [0.5, 0.6) is 0 Å². The first kappa shape index (κ1) is 14.0. The Morgan fingerprint density at radius 2 is 2.32 bits per heavy atom. The lowest BCUT2D eigenvalue weighted by Crippen LogP contribution is -2.40. The largest absolute Gasteiger partial charge is 0.459 e. The molecule has 0 aliphatic carbocycles. The van der Waals surface area contributed by atoms with Crippen molar-refractivity contribution in [2.45, 2.75) is 51.8 Å². The van der Waals surface area contributed by atoms with Gasteiger partial charge in [-0.1, -0.05) is 6.07 Å². The van der Waals surface area contributed by atoms with Crippen LogP contribution in [0.1, 0.15) is 39.2 Å². The van der Waals surface area contributed by atoms with Gasteiger partial charge in [-0.25, -0.2) is 0 Å². The lowest BCUT2D eigenvalue weighted by atomic mass is 10.1. The predicted octanol–water partition coefficient (Wildman–Crippen LogP) is 2.39. The minimum atomic E-state index is -0.417.